The highest BCUT2D eigenvalue weighted by molar-refractivity contribution is 6.30. The molecule has 0 spiro atoms. The number of halogens is 1. The van der Waals surface area contributed by atoms with Crippen molar-refractivity contribution in [2.45, 2.75) is 31.3 Å². The molecule has 2 fully saturated rings. The van der Waals surface area contributed by atoms with Crippen molar-refractivity contribution in [1.29, 1.82) is 0 Å². The average molecular weight is 324 g/mol. The number of fused-ring (bicyclic) bond motifs is 2. The van der Waals surface area contributed by atoms with Crippen LogP contribution in [0.5, 0.6) is 5.75 Å². The van der Waals surface area contributed by atoms with Crippen LogP contribution in [0.15, 0.2) is 18.2 Å². The molecule has 3 rings (SSSR count). The quantitative estimate of drug-likeness (QED) is 0.920. The summed E-state index contributed by atoms with van der Waals surface area (Å²) in [7, 11) is 5.81. The van der Waals surface area contributed by atoms with E-state index in [2.05, 4.69) is 19.0 Å². The number of rotatable bonds is 4. The first-order chi connectivity index (χ1) is 10.4. The molecule has 122 valence electrons. The van der Waals surface area contributed by atoms with E-state index in [1.165, 1.54) is 19.3 Å². The lowest BCUT2D eigenvalue weighted by atomic mass is 9.66. The van der Waals surface area contributed by atoms with Gasteiger partial charge >= 0.3 is 0 Å². The van der Waals surface area contributed by atoms with Gasteiger partial charge in [-0.1, -0.05) is 18.0 Å². The second-order valence-corrected chi connectivity index (χ2v) is 7.75. The molecule has 3 nitrogen and oxygen atoms in total. The molecule has 1 N–H and O–H groups in total. The van der Waals surface area contributed by atoms with E-state index >= 15 is 0 Å². The van der Waals surface area contributed by atoms with Gasteiger partial charge in [0.05, 0.1) is 12.7 Å². The zero-order chi connectivity index (χ0) is 15.9. The molecule has 2 aliphatic rings. The van der Waals surface area contributed by atoms with Gasteiger partial charge in [0.25, 0.3) is 0 Å². The van der Waals surface area contributed by atoms with Crippen molar-refractivity contribution >= 4 is 11.6 Å². The molecule has 1 aromatic carbocycles. The van der Waals surface area contributed by atoms with Crippen LogP contribution in [0.4, 0.5) is 0 Å². The predicted molar refractivity (Wildman–Crippen MR) is 89.4 cm³/mol. The summed E-state index contributed by atoms with van der Waals surface area (Å²) in [5.41, 5.74) is 0.118. The van der Waals surface area contributed by atoms with Gasteiger partial charge in [0.1, 0.15) is 5.75 Å². The van der Waals surface area contributed by atoms with Crippen LogP contribution in [0.3, 0.4) is 0 Å². The third kappa shape index (κ3) is 2.86. The Balaban J connectivity index is 2.02. The van der Waals surface area contributed by atoms with Gasteiger partial charge in [-0.2, -0.15) is 0 Å². The fourth-order valence-electron chi connectivity index (χ4n) is 4.60. The summed E-state index contributed by atoms with van der Waals surface area (Å²) in [5, 5.41) is 12.3. The normalized spacial score (nSPS) is 34.2. The molecule has 0 saturated heterocycles. The monoisotopic (exact) mass is 323 g/mol. The summed E-state index contributed by atoms with van der Waals surface area (Å²) < 4.78 is 5.35. The fraction of sp³-hybridized carbons (Fsp3) is 0.667. The molecule has 2 bridgehead atoms. The van der Waals surface area contributed by atoms with E-state index < -0.39 is 5.60 Å². The number of hydrogen-bond acceptors (Lipinski definition) is 3. The second-order valence-electron chi connectivity index (χ2n) is 7.32. The Bertz CT molecular complexity index is 548. The second kappa shape index (κ2) is 6.03. The first-order valence-corrected chi connectivity index (χ1v) is 8.52. The number of ether oxygens (including phenoxy) is 1. The highest BCUT2D eigenvalue weighted by Gasteiger charge is 2.51. The van der Waals surface area contributed by atoms with E-state index in [0.29, 0.717) is 16.9 Å². The average Bonchev–Trinajstić information content (AvgIpc) is 2.86. The fourth-order valence-corrected chi connectivity index (χ4v) is 4.83. The van der Waals surface area contributed by atoms with Crippen LogP contribution in [0, 0.1) is 17.8 Å². The minimum atomic E-state index is -0.799. The Labute approximate surface area is 138 Å². The number of aliphatic hydroxyl groups is 1. The van der Waals surface area contributed by atoms with Crippen molar-refractivity contribution in [3.8, 4) is 5.75 Å². The molecule has 4 atom stereocenters. The number of nitrogens with zero attached hydrogens (tertiary/aromatic N) is 1. The highest BCUT2D eigenvalue weighted by atomic mass is 35.5. The van der Waals surface area contributed by atoms with Crippen LogP contribution in [0.25, 0.3) is 0 Å². The maximum atomic E-state index is 11.6. The summed E-state index contributed by atoms with van der Waals surface area (Å²) in [6.07, 6.45) is 4.59. The summed E-state index contributed by atoms with van der Waals surface area (Å²) >= 11 is 6.25. The lowest BCUT2D eigenvalue weighted by Crippen LogP contribution is -2.47. The SMILES string of the molecule is COc1cc(Cl)cc(C2(O)CC3CCC(C3)C2CN(C)C)c1. The Morgan fingerprint density at radius 2 is 2.09 bits per heavy atom. The molecular formula is C18H26ClNO2. The third-order valence-corrected chi connectivity index (χ3v) is 5.75. The Morgan fingerprint density at radius 3 is 2.77 bits per heavy atom. The zero-order valence-corrected chi connectivity index (χ0v) is 14.4. The van der Waals surface area contributed by atoms with E-state index in [-0.39, 0.29) is 5.92 Å². The van der Waals surface area contributed by atoms with Crippen LogP contribution in [0.1, 0.15) is 31.2 Å². The van der Waals surface area contributed by atoms with Crippen LogP contribution in [0.2, 0.25) is 5.02 Å². The van der Waals surface area contributed by atoms with Gasteiger partial charge < -0.3 is 14.7 Å². The molecule has 0 aromatic heterocycles. The van der Waals surface area contributed by atoms with Gasteiger partial charge in [0.15, 0.2) is 0 Å². The molecule has 2 saturated carbocycles. The van der Waals surface area contributed by atoms with E-state index in [1.54, 1.807) is 13.2 Å². The van der Waals surface area contributed by atoms with Gasteiger partial charge in [-0.25, -0.2) is 0 Å². The van der Waals surface area contributed by atoms with Gasteiger partial charge in [-0.15, -0.1) is 0 Å². The van der Waals surface area contributed by atoms with Gasteiger partial charge in [-0.05, 0) is 69.0 Å². The smallest absolute Gasteiger partial charge is 0.120 e. The van der Waals surface area contributed by atoms with Gasteiger partial charge in [0, 0.05) is 17.5 Å². The first-order valence-electron chi connectivity index (χ1n) is 8.14. The largest absolute Gasteiger partial charge is 0.497 e. The van der Waals surface area contributed by atoms with E-state index in [0.717, 1.165) is 24.3 Å². The van der Waals surface area contributed by atoms with E-state index in [1.807, 2.05) is 12.1 Å². The van der Waals surface area contributed by atoms with Crippen molar-refractivity contribution in [2.75, 3.05) is 27.7 Å². The summed E-state index contributed by atoms with van der Waals surface area (Å²) in [6, 6.07) is 5.67. The van der Waals surface area contributed by atoms with Gasteiger partial charge in [0.2, 0.25) is 0 Å². The summed E-state index contributed by atoms with van der Waals surface area (Å²) in [6.45, 7) is 0.905. The molecule has 1 aromatic rings. The van der Waals surface area contributed by atoms with Crippen LogP contribution in [-0.2, 0) is 5.60 Å². The number of methoxy groups -OCH3 is 1. The van der Waals surface area contributed by atoms with Crippen molar-refractivity contribution < 1.29 is 9.84 Å². The molecular weight excluding hydrogens is 298 g/mol. The molecule has 22 heavy (non-hydrogen) atoms. The van der Waals surface area contributed by atoms with Crippen molar-refractivity contribution in [1.82, 2.24) is 4.90 Å². The first kappa shape index (κ1) is 16.1. The van der Waals surface area contributed by atoms with Crippen molar-refractivity contribution in [2.24, 2.45) is 17.8 Å². The lowest BCUT2D eigenvalue weighted by molar-refractivity contribution is -0.0892. The topological polar surface area (TPSA) is 32.7 Å². The molecule has 0 amide bonds. The summed E-state index contributed by atoms with van der Waals surface area (Å²) in [4.78, 5) is 2.19. The van der Waals surface area contributed by atoms with Crippen molar-refractivity contribution in [3.63, 3.8) is 0 Å². The Morgan fingerprint density at radius 1 is 1.32 bits per heavy atom. The maximum absolute atomic E-state index is 11.6. The predicted octanol–water partition coefficient (Wildman–Crippen LogP) is 3.53. The third-order valence-electron chi connectivity index (χ3n) is 5.53. The molecule has 4 unspecified atom stereocenters. The maximum Gasteiger partial charge on any atom is 0.120 e. The van der Waals surface area contributed by atoms with E-state index in [9.17, 15) is 5.11 Å². The Hall–Kier alpha value is -0.770. The Kier molecular flexibility index (Phi) is 4.41. The minimum absolute atomic E-state index is 0.254. The zero-order valence-electron chi connectivity index (χ0n) is 13.7. The molecule has 0 heterocycles. The minimum Gasteiger partial charge on any atom is -0.497 e. The standard InChI is InChI=1S/C18H26ClNO2/c1-20(2)11-17-13-5-4-12(6-13)10-18(17,21)14-7-15(19)9-16(8-14)22-3/h7-9,12-13,17,21H,4-6,10-11H2,1-3H3. The lowest BCUT2D eigenvalue weighted by Gasteiger charge is -2.45. The molecule has 2 aliphatic carbocycles. The van der Waals surface area contributed by atoms with E-state index in [4.69, 9.17) is 16.3 Å². The van der Waals surface area contributed by atoms with Crippen LogP contribution >= 0.6 is 11.6 Å². The highest BCUT2D eigenvalue weighted by Crippen LogP contribution is 2.54. The molecule has 0 radical (unpaired) electrons. The van der Waals surface area contributed by atoms with Gasteiger partial charge in [-0.3, -0.25) is 0 Å². The molecule has 0 aliphatic heterocycles. The molecule has 4 heteroatoms. The summed E-state index contributed by atoms with van der Waals surface area (Å²) in [5.74, 6) is 2.22. The van der Waals surface area contributed by atoms with Crippen LogP contribution in [-0.4, -0.2) is 37.8 Å². The van der Waals surface area contributed by atoms with Crippen molar-refractivity contribution in [3.05, 3.63) is 28.8 Å². The van der Waals surface area contributed by atoms with Crippen LogP contribution < -0.4 is 4.74 Å². The number of benzene rings is 1. The number of hydrogen-bond donors (Lipinski definition) is 1.